The topological polar surface area (TPSA) is 52.6 Å². The van der Waals surface area contributed by atoms with Gasteiger partial charge in [-0.25, -0.2) is 0 Å². The van der Waals surface area contributed by atoms with E-state index in [2.05, 4.69) is 5.32 Å². The van der Waals surface area contributed by atoms with Gasteiger partial charge < -0.3 is 15.3 Å². The quantitative estimate of drug-likeness (QED) is 0.650. The van der Waals surface area contributed by atoms with Gasteiger partial charge in [-0.15, -0.1) is 0 Å². The smallest absolute Gasteiger partial charge is 0.224 e. The van der Waals surface area contributed by atoms with Crippen molar-refractivity contribution in [2.24, 2.45) is 0 Å². The van der Waals surface area contributed by atoms with Gasteiger partial charge in [-0.05, 0) is 25.8 Å². The van der Waals surface area contributed by atoms with Gasteiger partial charge in [0.1, 0.15) is 0 Å². The van der Waals surface area contributed by atoms with Crippen molar-refractivity contribution in [1.29, 1.82) is 0 Å². The van der Waals surface area contributed by atoms with Crippen LogP contribution in [0.3, 0.4) is 0 Å². The molecule has 1 saturated heterocycles. The number of nitrogens with one attached hydrogen (secondary N) is 1. The summed E-state index contributed by atoms with van der Waals surface area (Å²) >= 11 is 0. The van der Waals surface area contributed by atoms with E-state index in [0.717, 1.165) is 38.9 Å². The first-order valence-corrected chi connectivity index (χ1v) is 5.90. The molecule has 1 amide bonds. The summed E-state index contributed by atoms with van der Waals surface area (Å²) in [4.78, 5) is 13.7. The molecule has 0 aliphatic carbocycles. The number of piperidine rings is 1. The first kappa shape index (κ1) is 12.5. The molecule has 0 saturated carbocycles. The normalized spacial score (nSPS) is 21.7. The molecule has 0 radical (unpaired) electrons. The summed E-state index contributed by atoms with van der Waals surface area (Å²) in [5, 5.41) is 12.3. The molecule has 2 N–H and O–H groups in total. The standard InChI is InChI=1S/C11H22N2O2/c1-2-12-7-6-11(15)13-8-4-3-5-10(13)9-14/h10,12,14H,2-9H2,1H3. The van der Waals surface area contributed by atoms with Crippen molar-refractivity contribution in [2.75, 3.05) is 26.2 Å². The van der Waals surface area contributed by atoms with Crippen LogP contribution >= 0.6 is 0 Å². The number of hydrogen-bond acceptors (Lipinski definition) is 3. The third-order valence-corrected chi connectivity index (χ3v) is 2.92. The minimum Gasteiger partial charge on any atom is -0.394 e. The Kier molecular flexibility index (Phi) is 5.65. The van der Waals surface area contributed by atoms with Gasteiger partial charge >= 0.3 is 0 Å². The maximum Gasteiger partial charge on any atom is 0.224 e. The maximum atomic E-state index is 11.8. The van der Waals surface area contributed by atoms with Gasteiger partial charge in [-0.2, -0.15) is 0 Å². The van der Waals surface area contributed by atoms with Crippen LogP contribution in [0.4, 0.5) is 0 Å². The van der Waals surface area contributed by atoms with Crippen LogP contribution < -0.4 is 5.32 Å². The molecule has 4 heteroatoms. The van der Waals surface area contributed by atoms with E-state index in [0.29, 0.717) is 6.42 Å². The zero-order chi connectivity index (χ0) is 11.1. The van der Waals surface area contributed by atoms with Gasteiger partial charge in [-0.3, -0.25) is 4.79 Å². The summed E-state index contributed by atoms with van der Waals surface area (Å²) < 4.78 is 0. The highest BCUT2D eigenvalue weighted by Gasteiger charge is 2.25. The lowest BCUT2D eigenvalue weighted by Gasteiger charge is -2.34. The van der Waals surface area contributed by atoms with Crippen molar-refractivity contribution in [3.05, 3.63) is 0 Å². The van der Waals surface area contributed by atoms with E-state index in [1.54, 1.807) is 0 Å². The van der Waals surface area contributed by atoms with Crippen LogP contribution in [0.25, 0.3) is 0 Å². The predicted octanol–water partition coefficient (Wildman–Crippen LogP) is 0.359. The second-order valence-electron chi connectivity index (χ2n) is 4.02. The lowest BCUT2D eigenvalue weighted by molar-refractivity contribution is -0.135. The average molecular weight is 214 g/mol. The highest BCUT2D eigenvalue weighted by molar-refractivity contribution is 5.76. The Morgan fingerprint density at radius 1 is 1.53 bits per heavy atom. The molecule has 1 aliphatic rings. The molecule has 0 aromatic rings. The largest absolute Gasteiger partial charge is 0.394 e. The molecule has 1 aliphatic heterocycles. The highest BCUT2D eigenvalue weighted by atomic mass is 16.3. The van der Waals surface area contributed by atoms with Crippen molar-refractivity contribution in [1.82, 2.24) is 10.2 Å². The first-order chi connectivity index (χ1) is 7.29. The molecule has 1 unspecified atom stereocenters. The average Bonchev–Trinajstić information content (AvgIpc) is 2.29. The second-order valence-corrected chi connectivity index (χ2v) is 4.02. The minimum absolute atomic E-state index is 0.0628. The zero-order valence-electron chi connectivity index (χ0n) is 9.54. The van der Waals surface area contributed by atoms with Gasteiger partial charge in [0, 0.05) is 19.5 Å². The van der Waals surface area contributed by atoms with Gasteiger partial charge in [-0.1, -0.05) is 6.92 Å². The fourth-order valence-electron chi connectivity index (χ4n) is 2.03. The summed E-state index contributed by atoms with van der Waals surface area (Å²) in [5.41, 5.74) is 0. The van der Waals surface area contributed by atoms with Crippen LogP contribution in [0.2, 0.25) is 0 Å². The molecule has 88 valence electrons. The molecule has 4 nitrogen and oxygen atoms in total. The summed E-state index contributed by atoms with van der Waals surface area (Å²) in [6, 6.07) is 0.0628. The Bertz CT molecular complexity index is 197. The molecule has 0 spiro atoms. The number of likely N-dealkylation sites (tertiary alicyclic amines) is 1. The minimum atomic E-state index is 0.0628. The van der Waals surface area contributed by atoms with Crippen LogP contribution in [0, 0.1) is 0 Å². The van der Waals surface area contributed by atoms with E-state index in [4.69, 9.17) is 0 Å². The molecular formula is C11H22N2O2. The van der Waals surface area contributed by atoms with Crippen molar-refractivity contribution in [3.8, 4) is 0 Å². The molecule has 0 bridgehead atoms. The van der Waals surface area contributed by atoms with E-state index in [9.17, 15) is 9.90 Å². The summed E-state index contributed by atoms with van der Waals surface area (Å²) in [7, 11) is 0. The Morgan fingerprint density at radius 2 is 2.33 bits per heavy atom. The molecule has 1 rings (SSSR count). The van der Waals surface area contributed by atoms with Crippen LogP contribution in [0.15, 0.2) is 0 Å². The number of nitrogens with zero attached hydrogens (tertiary/aromatic N) is 1. The van der Waals surface area contributed by atoms with E-state index in [1.165, 1.54) is 0 Å². The summed E-state index contributed by atoms with van der Waals surface area (Å²) in [6.45, 7) is 4.59. The number of carbonyl (C=O) groups excluding carboxylic acids is 1. The molecule has 1 heterocycles. The first-order valence-electron chi connectivity index (χ1n) is 5.90. The zero-order valence-corrected chi connectivity index (χ0v) is 9.54. The molecule has 1 atom stereocenters. The van der Waals surface area contributed by atoms with Crippen molar-refractivity contribution < 1.29 is 9.90 Å². The third-order valence-electron chi connectivity index (χ3n) is 2.92. The number of amides is 1. The number of hydrogen-bond donors (Lipinski definition) is 2. The van der Waals surface area contributed by atoms with E-state index >= 15 is 0 Å². The van der Waals surface area contributed by atoms with Gasteiger partial charge in [0.25, 0.3) is 0 Å². The predicted molar refractivity (Wildman–Crippen MR) is 59.6 cm³/mol. The Labute approximate surface area is 91.6 Å². The Balaban J connectivity index is 2.34. The van der Waals surface area contributed by atoms with E-state index in [1.807, 2.05) is 11.8 Å². The Hall–Kier alpha value is -0.610. The number of carbonyl (C=O) groups is 1. The van der Waals surface area contributed by atoms with Crippen LogP contribution in [0.5, 0.6) is 0 Å². The molecule has 15 heavy (non-hydrogen) atoms. The fraction of sp³-hybridized carbons (Fsp3) is 0.909. The van der Waals surface area contributed by atoms with E-state index < -0.39 is 0 Å². The molecule has 1 fully saturated rings. The third kappa shape index (κ3) is 3.80. The summed E-state index contributed by atoms with van der Waals surface area (Å²) in [5.74, 6) is 0.176. The summed E-state index contributed by atoms with van der Waals surface area (Å²) in [6.07, 6.45) is 3.69. The Morgan fingerprint density at radius 3 is 3.00 bits per heavy atom. The van der Waals surface area contributed by atoms with Crippen LogP contribution in [0.1, 0.15) is 32.6 Å². The van der Waals surface area contributed by atoms with Gasteiger partial charge in [0.15, 0.2) is 0 Å². The highest BCUT2D eigenvalue weighted by Crippen LogP contribution is 2.17. The number of aliphatic hydroxyl groups is 1. The number of rotatable bonds is 5. The lowest BCUT2D eigenvalue weighted by atomic mass is 10.0. The maximum absolute atomic E-state index is 11.8. The molecule has 0 aromatic heterocycles. The lowest BCUT2D eigenvalue weighted by Crippen LogP contribution is -2.46. The van der Waals surface area contributed by atoms with Crippen LogP contribution in [-0.4, -0.2) is 48.2 Å². The van der Waals surface area contributed by atoms with Crippen molar-refractivity contribution in [3.63, 3.8) is 0 Å². The van der Waals surface area contributed by atoms with E-state index in [-0.39, 0.29) is 18.6 Å². The second kappa shape index (κ2) is 6.80. The molecule has 0 aromatic carbocycles. The number of aliphatic hydroxyl groups excluding tert-OH is 1. The van der Waals surface area contributed by atoms with Crippen molar-refractivity contribution in [2.45, 2.75) is 38.6 Å². The monoisotopic (exact) mass is 214 g/mol. The molecular weight excluding hydrogens is 192 g/mol. The van der Waals surface area contributed by atoms with Crippen molar-refractivity contribution >= 4 is 5.91 Å². The fourth-order valence-corrected chi connectivity index (χ4v) is 2.03. The SMILES string of the molecule is CCNCCC(=O)N1CCCCC1CO. The van der Waals surface area contributed by atoms with Gasteiger partial charge in [0.05, 0.1) is 12.6 Å². The van der Waals surface area contributed by atoms with Crippen LogP contribution in [-0.2, 0) is 4.79 Å². The van der Waals surface area contributed by atoms with Gasteiger partial charge in [0.2, 0.25) is 5.91 Å².